The van der Waals surface area contributed by atoms with Crippen LogP contribution >= 0.6 is 0 Å². The minimum absolute atomic E-state index is 0.0365. The molecule has 1 aromatic rings. The lowest BCUT2D eigenvalue weighted by Crippen LogP contribution is -2.27. The molecule has 8 nitrogen and oxygen atoms in total. The SMILES string of the molecule is NC1CCN(c2ncc(C(=O)O)cc2[N+](=O)[O-])C1. The van der Waals surface area contributed by atoms with Crippen molar-refractivity contribution in [3.8, 4) is 0 Å². The summed E-state index contributed by atoms with van der Waals surface area (Å²) in [5, 5.41) is 19.7. The Balaban J connectivity index is 2.41. The summed E-state index contributed by atoms with van der Waals surface area (Å²) >= 11 is 0. The van der Waals surface area contributed by atoms with Gasteiger partial charge in [-0.05, 0) is 6.42 Å². The Bertz CT molecular complexity index is 505. The summed E-state index contributed by atoms with van der Waals surface area (Å²) in [5.74, 6) is -1.06. The van der Waals surface area contributed by atoms with Crippen LogP contribution in [0, 0.1) is 10.1 Å². The molecule has 0 spiro atoms. The van der Waals surface area contributed by atoms with Crippen LogP contribution in [0.4, 0.5) is 11.5 Å². The first-order valence-electron chi connectivity index (χ1n) is 5.37. The zero-order chi connectivity index (χ0) is 13.3. The van der Waals surface area contributed by atoms with Crippen molar-refractivity contribution in [1.82, 2.24) is 4.98 Å². The van der Waals surface area contributed by atoms with E-state index in [0.29, 0.717) is 13.1 Å². The number of carboxylic acids is 1. The van der Waals surface area contributed by atoms with E-state index >= 15 is 0 Å². The number of nitro groups is 1. The predicted octanol–water partition coefficient (Wildman–Crippen LogP) is 0.225. The Morgan fingerprint density at radius 2 is 2.39 bits per heavy atom. The fourth-order valence-electron chi connectivity index (χ4n) is 1.92. The number of hydrogen-bond acceptors (Lipinski definition) is 6. The van der Waals surface area contributed by atoms with Crippen LogP contribution in [-0.4, -0.2) is 40.1 Å². The number of aromatic nitrogens is 1. The van der Waals surface area contributed by atoms with Gasteiger partial charge in [0.05, 0.1) is 10.5 Å². The van der Waals surface area contributed by atoms with Crippen molar-refractivity contribution in [2.75, 3.05) is 18.0 Å². The fourth-order valence-corrected chi connectivity index (χ4v) is 1.92. The third-order valence-corrected chi connectivity index (χ3v) is 2.82. The standard InChI is InChI=1S/C10H12N4O4/c11-7-1-2-13(5-7)9-8(14(17)18)3-6(4-12-9)10(15)16/h3-4,7H,1-2,5,11H2,(H,15,16). The Morgan fingerprint density at radius 3 is 2.89 bits per heavy atom. The largest absolute Gasteiger partial charge is 0.478 e. The normalized spacial score (nSPS) is 18.9. The van der Waals surface area contributed by atoms with Gasteiger partial charge in [-0.1, -0.05) is 0 Å². The lowest BCUT2D eigenvalue weighted by Gasteiger charge is -2.16. The number of rotatable bonds is 3. The maximum atomic E-state index is 10.9. The van der Waals surface area contributed by atoms with E-state index in [4.69, 9.17) is 10.8 Å². The zero-order valence-electron chi connectivity index (χ0n) is 9.44. The second-order valence-electron chi connectivity index (χ2n) is 4.12. The molecule has 1 aromatic heterocycles. The molecule has 1 unspecified atom stereocenters. The van der Waals surface area contributed by atoms with Crippen molar-refractivity contribution in [2.24, 2.45) is 5.73 Å². The van der Waals surface area contributed by atoms with Crippen molar-refractivity contribution < 1.29 is 14.8 Å². The smallest absolute Gasteiger partial charge is 0.337 e. The molecule has 2 heterocycles. The summed E-state index contributed by atoms with van der Waals surface area (Å²) in [7, 11) is 0. The van der Waals surface area contributed by atoms with Gasteiger partial charge in [0, 0.05) is 31.4 Å². The van der Waals surface area contributed by atoms with Crippen molar-refractivity contribution in [3.63, 3.8) is 0 Å². The number of nitrogens with zero attached hydrogens (tertiary/aromatic N) is 3. The molecule has 3 N–H and O–H groups in total. The lowest BCUT2D eigenvalue weighted by atomic mass is 10.2. The maximum absolute atomic E-state index is 10.9. The Kier molecular flexibility index (Phi) is 3.11. The number of pyridine rings is 1. The second kappa shape index (κ2) is 4.57. The molecule has 1 aliphatic rings. The molecule has 8 heteroatoms. The van der Waals surface area contributed by atoms with Gasteiger partial charge in [0.2, 0.25) is 5.82 Å². The van der Waals surface area contributed by atoms with Crippen molar-refractivity contribution in [3.05, 3.63) is 27.9 Å². The highest BCUT2D eigenvalue weighted by molar-refractivity contribution is 5.88. The molecule has 0 saturated carbocycles. The van der Waals surface area contributed by atoms with Gasteiger partial charge in [0.1, 0.15) is 0 Å². The van der Waals surface area contributed by atoms with Crippen LogP contribution in [0.1, 0.15) is 16.8 Å². The topological polar surface area (TPSA) is 123 Å². The van der Waals surface area contributed by atoms with Crippen LogP contribution in [0.3, 0.4) is 0 Å². The average molecular weight is 252 g/mol. The molecule has 1 saturated heterocycles. The summed E-state index contributed by atoms with van der Waals surface area (Å²) in [6.45, 7) is 1.07. The molecule has 1 fully saturated rings. The van der Waals surface area contributed by atoms with Gasteiger partial charge >= 0.3 is 11.7 Å². The highest BCUT2D eigenvalue weighted by Gasteiger charge is 2.28. The molecule has 2 rings (SSSR count). The number of carbonyl (C=O) groups is 1. The first-order chi connectivity index (χ1) is 8.49. The lowest BCUT2D eigenvalue weighted by molar-refractivity contribution is -0.384. The van der Waals surface area contributed by atoms with Crippen LogP contribution < -0.4 is 10.6 Å². The van der Waals surface area contributed by atoms with Gasteiger partial charge < -0.3 is 15.7 Å². The summed E-state index contributed by atoms with van der Waals surface area (Å²) in [6.07, 6.45) is 1.86. The number of aromatic carboxylic acids is 1. The summed E-state index contributed by atoms with van der Waals surface area (Å²) < 4.78 is 0. The molecular formula is C10H12N4O4. The number of carboxylic acid groups (broad SMARTS) is 1. The molecule has 1 aliphatic heterocycles. The zero-order valence-corrected chi connectivity index (χ0v) is 9.44. The van der Waals surface area contributed by atoms with E-state index < -0.39 is 10.9 Å². The van der Waals surface area contributed by atoms with Crippen LogP contribution in [0.5, 0.6) is 0 Å². The summed E-state index contributed by atoms with van der Waals surface area (Å²) in [6, 6.07) is 0.986. The molecule has 0 amide bonds. The first kappa shape index (κ1) is 12.2. The minimum Gasteiger partial charge on any atom is -0.478 e. The predicted molar refractivity (Wildman–Crippen MR) is 62.7 cm³/mol. The van der Waals surface area contributed by atoms with E-state index in [1.165, 1.54) is 0 Å². The highest BCUT2D eigenvalue weighted by atomic mass is 16.6. The van der Waals surface area contributed by atoms with Gasteiger partial charge in [-0.25, -0.2) is 9.78 Å². The summed E-state index contributed by atoms with van der Waals surface area (Å²) in [4.78, 5) is 26.7. The van der Waals surface area contributed by atoms with E-state index in [1.807, 2.05) is 0 Å². The molecule has 18 heavy (non-hydrogen) atoms. The Hall–Kier alpha value is -2.22. The molecule has 0 bridgehead atoms. The van der Waals surface area contributed by atoms with Gasteiger partial charge in [0.15, 0.2) is 0 Å². The Labute approximate surface area is 102 Å². The first-order valence-corrected chi connectivity index (χ1v) is 5.37. The quantitative estimate of drug-likeness (QED) is 0.582. The van der Waals surface area contributed by atoms with Crippen molar-refractivity contribution >= 4 is 17.5 Å². The Morgan fingerprint density at radius 1 is 1.67 bits per heavy atom. The number of hydrogen-bond donors (Lipinski definition) is 2. The summed E-state index contributed by atoms with van der Waals surface area (Å²) in [5.41, 5.74) is 5.23. The van der Waals surface area contributed by atoms with Crippen LogP contribution in [0.25, 0.3) is 0 Å². The molecule has 1 atom stereocenters. The number of nitrogens with two attached hydrogens (primary N) is 1. The third-order valence-electron chi connectivity index (χ3n) is 2.82. The van der Waals surface area contributed by atoms with Crippen LogP contribution in [-0.2, 0) is 0 Å². The van der Waals surface area contributed by atoms with Crippen LogP contribution in [0.2, 0.25) is 0 Å². The van der Waals surface area contributed by atoms with Gasteiger partial charge in [-0.3, -0.25) is 10.1 Å². The van der Waals surface area contributed by atoms with E-state index in [-0.39, 0.29) is 23.1 Å². The van der Waals surface area contributed by atoms with Gasteiger partial charge in [-0.2, -0.15) is 0 Å². The third kappa shape index (κ3) is 2.23. The van der Waals surface area contributed by atoms with E-state index in [9.17, 15) is 14.9 Å². The molecule has 0 aromatic carbocycles. The number of anilines is 1. The van der Waals surface area contributed by atoms with E-state index in [2.05, 4.69) is 4.98 Å². The second-order valence-corrected chi connectivity index (χ2v) is 4.12. The van der Waals surface area contributed by atoms with Crippen molar-refractivity contribution in [2.45, 2.75) is 12.5 Å². The van der Waals surface area contributed by atoms with Gasteiger partial charge in [-0.15, -0.1) is 0 Å². The highest BCUT2D eigenvalue weighted by Crippen LogP contribution is 2.28. The minimum atomic E-state index is -1.24. The molecule has 0 aliphatic carbocycles. The van der Waals surface area contributed by atoms with E-state index in [1.54, 1.807) is 4.90 Å². The van der Waals surface area contributed by atoms with Crippen molar-refractivity contribution in [1.29, 1.82) is 0 Å². The van der Waals surface area contributed by atoms with Gasteiger partial charge in [0.25, 0.3) is 0 Å². The fraction of sp³-hybridized carbons (Fsp3) is 0.400. The molecular weight excluding hydrogens is 240 g/mol. The van der Waals surface area contributed by atoms with E-state index in [0.717, 1.165) is 18.7 Å². The monoisotopic (exact) mass is 252 g/mol. The molecule has 96 valence electrons. The average Bonchev–Trinajstić information content (AvgIpc) is 2.74. The maximum Gasteiger partial charge on any atom is 0.337 e. The van der Waals surface area contributed by atoms with Crippen LogP contribution in [0.15, 0.2) is 12.3 Å². The molecule has 0 radical (unpaired) electrons.